The number of benzene rings is 5. The molecule has 10 heteroatoms. The number of hydrogen-bond acceptors (Lipinski definition) is 10. The minimum absolute atomic E-state index is 0.0501. The van der Waals surface area contributed by atoms with Gasteiger partial charge < -0.3 is 21.1 Å². The summed E-state index contributed by atoms with van der Waals surface area (Å²) >= 11 is 2.98. The average Bonchev–Trinajstić information content (AvgIpc) is 3.78. The number of thiazole rings is 2. The van der Waals surface area contributed by atoms with Gasteiger partial charge in [-0.2, -0.15) is 0 Å². The molecule has 4 N–H and O–H groups in total. The Labute approximate surface area is 292 Å². The van der Waals surface area contributed by atoms with Crippen molar-refractivity contribution in [1.29, 1.82) is 0 Å². The number of rotatable bonds is 13. The van der Waals surface area contributed by atoms with E-state index < -0.39 is 0 Å². The number of nitrogens with one attached hydrogen (secondary N) is 3. The third kappa shape index (κ3) is 6.66. The standard InChI is InChI=1S/C39H37N5O3S2/c1-21(2)38(46)32-19-48-34(43-32)17-41-30-15-31(42-18-35-44-33(20-49-35)39(47)22(3)4)29-12-8-25-14-26(40-16-23-5-9-27(45)10-6-23)13-24-7-11-28(30)37(29)36(24)25/h5-15,19-22,40-42,45H,16-18H2,1-4H3. The van der Waals surface area contributed by atoms with E-state index in [-0.39, 0.29) is 29.2 Å². The summed E-state index contributed by atoms with van der Waals surface area (Å²) in [5.41, 5.74) is 5.05. The number of Topliss-reactive ketones (excluding diaryl/α,β-unsaturated/α-hetero) is 2. The molecule has 248 valence electrons. The van der Waals surface area contributed by atoms with Gasteiger partial charge in [0.2, 0.25) is 0 Å². The molecular weight excluding hydrogens is 651 g/mol. The maximum Gasteiger partial charge on any atom is 0.184 e. The molecule has 0 fully saturated rings. The predicted molar refractivity (Wildman–Crippen MR) is 203 cm³/mol. The molecule has 0 bridgehead atoms. The van der Waals surface area contributed by atoms with E-state index in [1.165, 1.54) is 28.1 Å². The monoisotopic (exact) mass is 687 g/mol. The minimum Gasteiger partial charge on any atom is -0.508 e. The highest BCUT2D eigenvalue weighted by Gasteiger charge is 2.19. The zero-order valence-corrected chi connectivity index (χ0v) is 29.4. The van der Waals surface area contributed by atoms with Crippen LogP contribution >= 0.6 is 22.7 Å². The molecule has 0 radical (unpaired) electrons. The third-order valence-corrected chi connectivity index (χ3v) is 10.4. The van der Waals surface area contributed by atoms with Crippen molar-refractivity contribution in [2.45, 2.75) is 47.3 Å². The van der Waals surface area contributed by atoms with E-state index in [1.54, 1.807) is 12.1 Å². The van der Waals surface area contributed by atoms with Crippen LogP contribution < -0.4 is 16.0 Å². The number of aromatic hydroxyl groups is 1. The molecule has 7 aromatic rings. The second-order valence-corrected chi connectivity index (χ2v) is 14.8. The molecule has 2 aromatic heterocycles. The van der Waals surface area contributed by atoms with E-state index >= 15 is 0 Å². The Balaban J connectivity index is 1.25. The molecule has 8 nitrogen and oxygen atoms in total. The molecule has 0 aliphatic heterocycles. The van der Waals surface area contributed by atoms with Gasteiger partial charge in [-0.05, 0) is 52.1 Å². The van der Waals surface area contributed by atoms with Crippen LogP contribution in [0, 0.1) is 11.8 Å². The predicted octanol–water partition coefficient (Wildman–Crippen LogP) is 9.72. The number of anilines is 3. The van der Waals surface area contributed by atoms with Crippen molar-refractivity contribution in [2.24, 2.45) is 11.8 Å². The summed E-state index contributed by atoms with van der Waals surface area (Å²) in [7, 11) is 0. The summed E-state index contributed by atoms with van der Waals surface area (Å²) < 4.78 is 0. The Morgan fingerprint density at radius 3 is 1.65 bits per heavy atom. The summed E-state index contributed by atoms with van der Waals surface area (Å²) in [5.74, 6) is 0.151. The van der Waals surface area contributed by atoms with E-state index in [1.807, 2.05) is 50.6 Å². The zero-order valence-electron chi connectivity index (χ0n) is 27.8. The lowest BCUT2D eigenvalue weighted by Crippen LogP contribution is -2.09. The number of carbonyl (C=O) groups excluding carboxylic acids is 2. The third-order valence-electron chi connectivity index (χ3n) is 8.67. The molecule has 0 spiro atoms. The van der Waals surface area contributed by atoms with Gasteiger partial charge in [0.05, 0.1) is 13.1 Å². The first-order valence-corrected chi connectivity index (χ1v) is 18.1. The molecule has 0 aliphatic carbocycles. The van der Waals surface area contributed by atoms with Crippen molar-refractivity contribution < 1.29 is 14.7 Å². The van der Waals surface area contributed by atoms with Gasteiger partial charge in [0.1, 0.15) is 27.2 Å². The van der Waals surface area contributed by atoms with Crippen LogP contribution in [0.3, 0.4) is 0 Å². The number of aromatic nitrogens is 2. The van der Waals surface area contributed by atoms with E-state index in [0.29, 0.717) is 31.0 Å². The van der Waals surface area contributed by atoms with Gasteiger partial charge in [0, 0.05) is 62.4 Å². The van der Waals surface area contributed by atoms with E-state index in [4.69, 9.17) is 0 Å². The molecule has 0 unspecified atom stereocenters. The van der Waals surface area contributed by atoms with Crippen LogP contribution in [0.25, 0.3) is 32.3 Å². The van der Waals surface area contributed by atoms with E-state index in [0.717, 1.165) is 59.6 Å². The fourth-order valence-corrected chi connectivity index (χ4v) is 7.52. The average molecular weight is 688 g/mol. The van der Waals surface area contributed by atoms with Crippen LogP contribution in [0.2, 0.25) is 0 Å². The van der Waals surface area contributed by atoms with Crippen molar-refractivity contribution in [2.75, 3.05) is 16.0 Å². The highest BCUT2D eigenvalue weighted by Crippen LogP contribution is 2.43. The van der Waals surface area contributed by atoms with Crippen molar-refractivity contribution >= 4 is 83.6 Å². The zero-order chi connectivity index (χ0) is 34.2. The molecule has 2 heterocycles. The van der Waals surface area contributed by atoms with Gasteiger partial charge in [-0.15, -0.1) is 22.7 Å². The number of nitrogens with zero attached hydrogens (tertiary/aromatic N) is 2. The number of hydrogen-bond donors (Lipinski definition) is 4. The highest BCUT2D eigenvalue weighted by molar-refractivity contribution is 7.10. The number of carbonyl (C=O) groups is 2. The first kappa shape index (κ1) is 32.5. The molecule has 0 saturated heterocycles. The lowest BCUT2D eigenvalue weighted by molar-refractivity contribution is 0.0928. The van der Waals surface area contributed by atoms with Crippen molar-refractivity contribution in [3.8, 4) is 5.75 Å². The van der Waals surface area contributed by atoms with Crippen molar-refractivity contribution in [3.05, 3.63) is 104 Å². The van der Waals surface area contributed by atoms with E-state index in [9.17, 15) is 14.7 Å². The van der Waals surface area contributed by atoms with Gasteiger partial charge in [-0.25, -0.2) is 9.97 Å². The summed E-state index contributed by atoms with van der Waals surface area (Å²) in [6.07, 6.45) is 0. The van der Waals surface area contributed by atoms with E-state index in [2.05, 4.69) is 68.4 Å². The Kier molecular flexibility index (Phi) is 8.92. The second kappa shape index (κ2) is 13.4. The van der Waals surface area contributed by atoms with Crippen LogP contribution in [0.4, 0.5) is 17.1 Å². The normalized spacial score (nSPS) is 11.7. The largest absolute Gasteiger partial charge is 0.508 e. The van der Waals surface area contributed by atoms with Gasteiger partial charge >= 0.3 is 0 Å². The highest BCUT2D eigenvalue weighted by atomic mass is 32.1. The van der Waals surface area contributed by atoms with Gasteiger partial charge in [0.25, 0.3) is 0 Å². The fraction of sp³-hybridized carbons (Fsp3) is 0.231. The van der Waals surface area contributed by atoms with Crippen LogP contribution in [0.5, 0.6) is 5.75 Å². The van der Waals surface area contributed by atoms with Gasteiger partial charge in [0.15, 0.2) is 11.6 Å². The molecule has 0 aliphatic rings. The molecule has 0 atom stereocenters. The lowest BCUT2D eigenvalue weighted by Gasteiger charge is -2.19. The Hall–Kier alpha value is -5.06. The quantitative estimate of drug-likeness (QED) is 0.0700. The van der Waals surface area contributed by atoms with Crippen molar-refractivity contribution in [1.82, 2.24) is 9.97 Å². The smallest absolute Gasteiger partial charge is 0.184 e. The fourth-order valence-electron chi connectivity index (χ4n) is 6.07. The topological polar surface area (TPSA) is 116 Å². The summed E-state index contributed by atoms with van der Waals surface area (Å²) in [4.78, 5) is 34.3. The van der Waals surface area contributed by atoms with Crippen LogP contribution in [0.1, 0.15) is 64.3 Å². The summed E-state index contributed by atoms with van der Waals surface area (Å²) in [6, 6.07) is 22.4. The SMILES string of the molecule is CC(C)C(=O)c1csc(CNc2cc(NCc3nc(C(=O)C(C)C)cs3)c3ccc4cc(NCc5ccc(O)cc5)cc5ccc2c3c54)n1. The first-order chi connectivity index (χ1) is 23.6. The molecular formula is C39H37N5O3S2. The first-order valence-electron chi connectivity index (χ1n) is 16.4. The molecule has 49 heavy (non-hydrogen) atoms. The molecule has 0 amide bonds. The van der Waals surface area contributed by atoms with Crippen molar-refractivity contribution in [3.63, 3.8) is 0 Å². The Morgan fingerprint density at radius 1 is 0.653 bits per heavy atom. The number of phenolic OH excluding ortho intramolecular Hbond substituents is 1. The summed E-state index contributed by atoms with van der Waals surface area (Å²) in [6.45, 7) is 9.17. The minimum atomic E-state index is -0.102. The van der Waals surface area contributed by atoms with Crippen LogP contribution in [-0.2, 0) is 19.6 Å². The Bertz CT molecular complexity index is 2180. The maximum absolute atomic E-state index is 12.5. The molecule has 5 aromatic carbocycles. The summed E-state index contributed by atoms with van der Waals surface area (Å²) in [5, 5.41) is 32.6. The Morgan fingerprint density at radius 2 is 1.16 bits per heavy atom. The molecule has 0 saturated carbocycles. The van der Waals surface area contributed by atoms with Crippen LogP contribution in [-0.4, -0.2) is 26.6 Å². The van der Waals surface area contributed by atoms with Gasteiger partial charge in [-0.1, -0.05) is 64.1 Å². The van der Waals surface area contributed by atoms with Crippen LogP contribution in [0.15, 0.2) is 77.5 Å². The lowest BCUT2D eigenvalue weighted by atomic mass is 9.92. The maximum atomic E-state index is 12.5. The second-order valence-electron chi connectivity index (χ2n) is 12.9. The molecule has 7 rings (SSSR count). The van der Waals surface area contributed by atoms with Gasteiger partial charge in [-0.3, -0.25) is 9.59 Å². The number of phenols is 1. The number of ketones is 2.